The van der Waals surface area contributed by atoms with E-state index in [0.717, 1.165) is 5.56 Å². The third-order valence-electron chi connectivity index (χ3n) is 23.2. The van der Waals surface area contributed by atoms with Crippen molar-refractivity contribution in [3.05, 3.63) is 65.8 Å². The highest BCUT2D eigenvalue weighted by molar-refractivity contribution is 5.88. The number of esters is 2. The van der Waals surface area contributed by atoms with E-state index in [4.69, 9.17) is 75.8 Å². The number of allylic oxidation sites excluding steroid dienone is 1. The molecule has 32 atom stereocenters. The lowest BCUT2D eigenvalue weighted by Crippen LogP contribution is -2.80. The minimum Gasteiger partial charge on any atom is -0.458 e. The van der Waals surface area contributed by atoms with Crippen molar-refractivity contribution in [2.24, 2.45) is 16.7 Å². The van der Waals surface area contributed by atoms with E-state index in [-0.39, 0.29) is 44.9 Å². The van der Waals surface area contributed by atoms with Gasteiger partial charge < -0.3 is 122 Å². The zero-order valence-corrected chi connectivity index (χ0v) is 57.2. The standard InChI is InChI=1S/C69H104O27/c1-14-34(2)61(76)89-39(7)67(78)26-27-69(80)65(67,9)47(92-48(71)21-20-40-18-16-15-17-19-40)31-46-64(8)23-22-41(32-66(64,77)24-25-68(46,69)79)90-49-28-42(81-10)56(35(3)85-49)93-50-29-43(82-11)57(36(4)86-50)94-51-30-44(83-12)58(37(5)87-51)95-63-55(75)60(84-13)59(38(6)88-63)96-62-54(74)53(73)52(72)45(33-70)91-62/h14-21,24-25,35-39,41-47,49-60,62-63,70,72-75,77-80H,22-23,26-33H2,1-13H3/t35-,36-,37-,38-,39+,41+,42+,43+,44-,45-,46-,47-,49+,50+,51+,52-,53+,54-,55-,56-,57-,58-,59-,60-,62+,63+,64-,65-,66-,67-,68+,69-/m1/s1. The van der Waals surface area contributed by atoms with Gasteiger partial charge >= 0.3 is 11.9 Å². The Morgan fingerprint density at radius 3 is 1.73 bits per heavy atom. The molecule has 5 aliphatic heterocycles. The van der Waals surface area contributed by atoms with E-state index in [2.05, 4.69) is 0 Å². The Bertz CT molecular complexity index is 2880. The van der Waals surface area contributed by atoms with Crippen LogP contribution in [0, 0.1) is 16.7 Å². The molecule has 1 aromatic rings. The number of carbonyl (C=O) groups excluding carboxylic acids is 2. The number of aliphatic hydroxyl groups is 9. The normalized spacial score (nSPS) is 48.5. The van der Waals surface area contributed by atoms with Crippen LogP contribution in [0.15, 0.2) is 60.2 Å². The molecule has 0 aromatic heterocycles. The Morgan fingerprint density at radius 1 is 0.635 bits per heavy atom. The third-order valence-corrected chi connectivity index (χ3v) is 23.2. The number of hydrogen-bond acceptors (Lipinski definition) is 27. The molecule has 0 radical (unpaired) electrons. The van der Waals surface area contributed by atoms with Crippen LogP contribution in [0.25, 0.3) is 6.08 Å². The van der Waals surface area contributed by atoms with E-state index in [1.54, 1.807) is 67.1 Å². The predicted octanol–water partition coefficient (Wildman–Crippen LogP) is 2.31. The Labute approximate surface area is 561 Å². The van der Waals surface area contributed by atoms with Gasteiger partial charge in [0.05, 0.1) is 66.5 Å². The molecule has 27 nitrogen and oxygen atoms in total. The molecule has 0 bridgehead atoms. The highest BCUT2D eigenvalue weighted by Crippen LogP contribution is 2.72. The quantitative estimate of drug-likeness (QED) is 0.0484. The summed E-state index contributed by atoms with van der Waals surface area (Å²) in [5, 5.41) is 105. The second-order valence-corrected chi connectivity index (χ2v) is 28.3. The Morgan fingerprint density at radius 2 is 1.18 bits per heavy atom. The maximum atomic E-state index is 14.0. The summed E-state index contributed by atoms with van der Waals surface area (Å²) in [6, 6.07) is 9.15. The number of aliphatic hydroxyl groups excluding tert-OH is 5. The zero-order valence-electron chi connectivity index (χ0n) is 57.2. The molecular formula is C69H104O27. The minimum absolute atomic E-state index is 0.0760. The number of methoxy groups -OCH3 is 4. The molecule has 0 amide bonds. The monoisotopic (exact) mass is 1360 g/mol. The molecular weight excluding hydrogens is 1260 g/mol. The molecule has 96 heavy (non-hydrogen) atoms. The van der Waals surface area contributed by atoms with Crippen molar-refractivity contribution >= 4 is 18.0 Å². The van der Waals surface area contributed by atoms with E-state index < -0.39 is 211 Å². The van der Waals surface area contributed by atoms with Crippen LogP contribution in [0.1, 0.15) is 126 Å². The van der Waals surface area contributed by atoms with Gasteiger partial charge in [-0.2, -0.15) is 0 Å². The van der Waals surface area contributed by atoms with Gasteiger partial charge in [-0.1, -0.05) is 62.4 Å². The SMILES string of the molecule is CC=C(C)C(=O)O[C@@H](C)[C@]1(O)CC[C@@]2(O)[C@]1(C)[C@H](OC(=O)C=Cc1ccccc1)C[C@H]1[C@@]2(O)C=C[C@@]2(O)C[C@@H](O[C@H]3C[C@H](OC)[C@H](O[C@H]4C[C@H](OC)[C@H](O[C@H]5C[C@@H](OC)[C@H](O[C@@H]6O[C@H](C)[C@@H](O[C@@H]7O[C@H](CO)[C@@H](O)[C@H](O)[C@H]7O)[C@H](OC)[C@H]6O)[C@@H](C)O5)[C@@H](C)O4)[C@@H](C)O3)CC[C@]12C. The van der Waals surface area contributed by atoms with Gasteiger partial charge in [0.1, 0.15) is 90.1 Å². The van der Waals surface area contributed by atoms with Crippen LogP contribution in [-0.2, 0) is 85.4 Å². The fraction of sp³-hybridized carbons (Fsp3) is 0.797. The topological polar surface area (TPSA) is 364 Å². The number of benzene rings is 1. The van der Waals surface area contributed by atoms with Gasteiger partial charge in [0.15, 0.2) is 31.5 Å². The smallest absolute Gasteiger partial charge is 0.333 e. The second kappa shape index (κ2) is 29.8. The number of carbonyl (C=O) groups is 2. The summed E-state index contributed by atoms with van der Waals surface area (Å²) in [6.45, 7) is 14.7. The molecule has 9 aliphatic rings. The molecule has 0 spiro atoms. The summed E-state index contributed by atoms with van der Waals surface area (Å²) < 4.78 is 99.6. The van der Waals surface area contributed by atoms with Crippen LogP contribution in [0.4, 0.5) is 0 Å². The summed E-state index contributed by atoms with van der Waals surface area (Å²) in [4.78, 5) is 27.2. The molecule has 4 aliphatic carbocycles. The Balaban J connectivity index is 0.753. The molecule has 9 N–H and O–H groups in total. The highest BCUT2D eigenvalue weighted by atomic mass is 16.8. The fourth-order valence-electron chi connectivity index (χ4n) is 17.1. The van der Waals surface area contributed by atoms with E-state index in [1.165, 1.54) is 33.3 Å². The summed E-state index contributed by atoms with van der Waals surface area (Å²) >= 11 is 0. The van der Waals surface area contributed by atoms with E-state index in [1.807, 2.05) is 51.1 Å². The lowest BCUT2D eigenvalue weighted by molar-refractivity contribution is -0.374. The van der Waals surface area contributed by atoms with E-state index in [0.29, 0.717) is 18.4 Å². The van der Waals surface area contributed by atoms with Crippen molar-refractivity contribution in [2.75, 3.05) is 35.0 Å². The summed E-state index contributed by atoms with van der Waals surface area (Å²) in [7, 11) is 6.03. The first-order valence-corrected chi connectivity index (χ1v) is 33.8. The summed E-state index contributed by atoms with van der Waals surface area (Å²) in [6.07, 6.45) is -15.9. The number of fused-ring (bicyclic) bond motifs is 5. The van der Waals surface area contributed by atoms with E-state index in [9.17, 15) is 55.5 Å². The van der Waals surface area contributed by atoms with Crippen molar-refractivity contribution in [1.82, 2.24) is 0 Å². The van der Waals surface area contributed by atoms with Gasteiger partial charge in [0.25, 0.3) is 0 Å². The second-order valence-electron chi connectivity index (χ2n) is 28.3. The van der Waals surface area contributed by atoms with Crippen LogP contribution >= 0.6 is 0 Å². The van der Waals surface area contributed by atoms with E-state index >= 15 is 0 Å². The van der Waals surface area contributed by atoms with Gasteiger partial charge in [-0.3, -0.25) is 0 Å². The Kier molecular flexibility index (Phi) is 23.3. The molecule has 542 valence electrons. The van der Waals surface area contributed by atoms with Gasteiger partial charge in [-0.25, -0.2) is 9.59 Å². The summed E-state index contributed by atoms with van der Waals surface area (Å²) in [5.41, 5.74) is -9.81. The highest BCUT2D eigenvalue weighted by Gasteiger charge is 2.82. The van der Waals surface area contributed by atoms with Crippen LogP contribution in [0.3, 0.4) is 0 Å². The molecule has 8 fully saturated rings. The average molecular weight is 1370 g/mol. The van der Waals surface area contributed by atoms with Gasteiger partial charge in [0, 0.05) is 77.1 Å². The number of hydrogen-bond donors (Lipinski definition) is 9. The van der Waals surface area contributed by atoms with Crippen molar-refractivity contribution in [3.63, 3.8) is 0 Å². The largest absolute Gasteiger partial charge is 0.458 e. The number of rotatable bonds is 21. The van der Waals surface area contributed by atoms with Crippen LogP contribution in [0.2, 0.25) is 0 Å². The molecule has 5 heterocycles. The van der Waals surface area contributed by atoms with Crippen molar-refractivity contribution in [2.45, 2.75) is 296 Å². The maximum Gasteiger partial charge on any atom is 0.333 e. The fourth-order valence-corrected chi connectivity index (χ4v) is 17.1. The molecule has 27 heteroatoms. The third kappa shape index (κ3) is 13.6. The Hall–Kier alpha value is -3.54. The molecule has 10 rings (SSSR count). The molecule has 1 aromatic carbocycles. The van der Waals surface area contributed by atoms with Crippen LogP contribution in [0.5, 0.6) is 0 Å². The first kappa shape index (κ1) is 75.1. The lowest BCUT2D eigenvalue weighted by atomic mass is 9.41. The predicted molar refractivity (Wildman–Crippen MR) is 335 cm³/mol. The minimum atomic E-state index is -2.18. The van der Waals surface area contributed by atoms with Crippen molar-refractivity contribution in [1.29, 1.82) is 0 Å². The first-order valence-electron chi connectivity index (χ1n) is 33.8. The average Bonchev–Trinajstić information content (AvgIpc) is 1.33. The van der Waals surface area contributed by atoms with Gasteiger partial charge in [-0.05, 0) is 92.2 Å². The molecule has 0 unspecified atom stereocenters. The molecule has 3 saturated carbocycles. The van der Waals surface area contributed by atoms with Gasteiger partial charge in [-0.15, -0.1) is 0 Å². The van der Waals surface area contributed by atoms with Crippen LogP contribution < -0.4 is 0 Å². The maximum absolute atomic E-state index is 14.0. The van der Waals surface area contributed by atoms with Crippen LogP contribution in [-0.4, -0.2) is 269 Å². The first-order chi connectivity index (χ1) is 45.4. The van der Waals surface area contributed by atoms with Gasteiger partial charge in [0.2, 0.25) is 0 Å². The number of ether oxygens (including phenoxy) is 16. The van der Waals surface area contributed by atoms with Crippen molar-refractivity contribution < 1.29 is 131 Å². The summed E-state index contributed by atoms with van der Waals surface area (Å²) in [5.74, 6) is -2.35. The zero-order chi connectivity index (χ0) is 69.8. The molecule has 5 saturated heterocycles. The lowest BCUT2D eigenvalue weighted by Gasteiger charge is -2.68. The van der Waals surface area contributed by atoms with Crippen molar-refractivity contribution in [3.8, 4) is 0 Å².